The fourth-order valence-corrected chi connectivity index (χ4v) is 2.57. The van der Waals surface area contributed by atoms with E-state index in [2.05, 4.69) is 10.6 Å². The van der Waals surface area contributed by atoms with Crippen LogP contribution in [0.3, 0.4) is 0 Å². The number of amides is 2. The first-order valence-electron chi connectivity index (χ1n) is 10.1. The lowest BCUT2D eigenvalue weighted by molar-refractivity contribution is -0.147. The van der Waals surface area contributed by atoms with Gasteiger partial charge in [-0.05, 0) is 18.1 Å². The summed E-state index contributed by atoms with van der Waals surface area (Å²) in [5.41, 5.74) is 1.53. The summed E-state index contributed by atoms with van der Waals surface area (Å²) in [6.45, 7) is 1.41. The van der Waals surface area contributed by atoms with Crippen molar-refractivity contribution in [2.45, 2.75) is 32.6 Å². The lowest BCUT2D eigenvalue weighted by atomic mass is 10.2. The van der Waals surface area contributed by atoms with Gasteiger partial charge in [-0.15, -0.1) is 0 Å². The Labute approximate surface area is 186 Å². The molecule has 9 nitrogen and oxygen atoms in total. The Morgan fingerprint density at radius 1 is 0.781 bits per heavy atom. The van der Waals surface area contributed by atoms with Crippen molar-refractivity contribution in [3.05, 3.63) is 71.8 Å². The zero-order valence-corrected chi connectivity index (χ0v) is 17.7. The van der Waals surface area contributed by atoms with E-state index in [9.17, 15) is 19.2 Å². The second-order valence-electron chi connectivity index (χ2n) is 6.63. The van der Waals surface area contributed by atoms with Crippen LogP contribution in [0.25, 0.3) is 0 Å². The van der Waals surface area contributed by atoms with E-state index in [0.717, 1.165) is 11.1 Å². The molecule has 170 valence electrons. The second-order valence-corrected chi connectivity index (χ2v) is 6.63. The van der Waals surface area contributed by atoms with Gasteiger partial charge in [-0.25, -0.2) is 4.79 Å². The van der Waals surface area contributed by atoms with Crippen molar-refractivity contribution < 1.29 is 33.4 Å². The highest BCUT2D eigenvalue weighted by Gasteiger charge is 2.26. The number of ether oxygens (including phenoxy) is 3. The minimum absolute atomic E-state index is 0.0116. The minimum Gasteiger partial charge on any atom is -0.465 e. The van der Waals surface area contributed by atoms with E-state index in [-0.39, 0.29) is 19.8 Å². The van der Waals surface area contributed by atoms with Gasteiger partial charge in [0.05, 0.1) is 13.0 Å². The van der Waals surface area contributed by atoms with Crippen molar-refractivity contribution in [2.75, 3.05) is 13.2 Å². The Morgan fingerprint density at radius 2 is 1.34 bits per heavy atom. The highest BCUT2D eigenvalue weighted by Crippen LogP contribution is 2.05. The first-order chi connectivity index (χ1) is 15.5. The van der Waals surface area contributed by atoms with E-state index in [4.69, 9.17) is 14.2 Å². The molecule has 0 aromatic heterocycles. The first-order valence-corrected chi connectivity index (χ1v) is 10.1. The molecular formula is C23H26N2O7. The van der Waals surface area contributed by atoms with Crippen LogP contribution in [-0.4, -0.2) is 43.1 Å². The largest absolute Gasteiger partial charge is 0.465 e. The van der Waals surface area contributed by atoms with E-state index in [1.54, 1.807) is 55.5 Å². The molecule has 0 radical (unpaired) electrons. The van der Waals surface area contributed by atoms with Gasteiger partial charge < -0.3 is 24.8 Å². The Hall–Kier alpha value is -3.88. The molecule has 9 heteroatoms. The van der Waals surface area contributed by atoms with Crippen molar-refractivity contribution in [3.8, 4) is 0 Å². The summed E-state index contributed by atoms with van der Waals surface area (Å²) in [7, 11) is 0. The van der Waals surface area contributed by atoms with Crippen LogP contribution in [0.2, 0.25) is 0 Å². The lowest BCUT2D eigenvalue weighted by Crippen LogP contribution is -2.49. The van der Waals surface area contributed by atoms with Crippen molar-refractivity contribution in [3.63, 3.8) is 0 Å². The number of alkyl carbamates (subject to hydrolysis) is 1. The molecule has 0 saturated heterocycles. The molecule has 32 heavy (non-hydrogen) atoms. The molecule has 1 atom stereocenters. The Balaban J connectivity index is 1.92. The van der Waals surface area contributed by atoms with Crippen molar-refractivity contribution in [2.24, 2.45) is 0 Å². The zero-order chi connectivity index (χ0) is 23.2. The molecule has 0 aliphatic rings. The van der Waals surface area contributed by atoms with Gasteiger partial charge in [-0.3, -0.25) is 14.4 Å². The average Bonchev–Trinajstić information content (AvgIpc) is 2.81. The minimum atomic E-state index is -1.30. The number of carbonyl (C=O) groups excluding carboxylic acids is 4. The van der Waals surface area contributed by atoms with Crippen LogP contribution in [0.1, 0.15) is 24.5 Å². The number of hydrogen-bond donors (Lipinski definition) is 2. The standard InChI is InChI=1S/C23H26N2O7/c1-2-30-21(27)14-24-22(28)19(13-20(26)31-15-17-9-5-3-6-10-17)25-23(29)32-16-18-11-7-4-8-12-18/h3-12,19H,2,13-16H2,1H3,(H,24,28)(H,25,29). The SMILES string of the molecule is CCOC(=O)CNC(=O)C(CC(=O)OCc1ccccc1)NC(=O)OCc1ccccc1. The van der Waals surface area contributed by atoms with E-state index < -0.39 is 42.9 Å². The third-order valence-electron chi connectivity index (χ3n) is 4.15. The third-order valence-corrected chi connectivity index (χ3v) is 4.15. The maximum atomic E-state index is 12.5. The highest BCUT2D eigenvalue weighted by atomic mass is 16.6. The molecule has 2 rings (SSSR count). The van der Waals surface area contributed by atoms with Gasteiger partial charge in [0, 0.05) is 0 Å². The van der Waals surface area contributed by atoms with Crippen LogP contribution in [0.15, 0.2) is 60.7 Å². The molecule has 0 aliphatic heterocycles. The van der Waals surface area contributed by atoms with Crippen molar-refractivity contribution in [1.82, 2.24) is 10.6 Å². The van der Waals surface area contributed by atoms with Crippen LogP contribution >= 0.6 is 0 Å². The number of esters is 2. The Bertz CT molecular complexity index is 830. The van der Waals surface area contributed by atoms with Crippen LogP contribution in [0.4, 0.5) is 4.79 Å². The van der Waals surface area contributed by atoms with Crippen LogP contribution < -0.4 is 10.6 Å². The second kappa shape index (κ2) is 13.4. The molecular weight excluding hydrogens is 416 g/mol. The van der Waals surface area contributed by atoms with Crippen LogP contribution in [-0.2, 0) is 41.8 Å². The van der Waals surface area contributed by atoms with Gasteiger partial charge in [0.1, 0.15) is 25.8 Å². The van der Waals surface area contributed by atoms with E-state index >= 15 is 0 Å². The van der Waals surface area contributed by atoms with E-state index in [1.807, 2.05) is 12.1 Å². The van der Waals surface area contributed by atoms with Gasteiger partial charge in [0.25, 0.3) is 0 Å². The molecule has 0 spiro atoms. The third kappa shape index (κ3) is 9.29. The first kappa shape index (κ1) is 24.4. The molecule has 2 amide bonds. The summed E-state index contributed by atoms with van der Waals surface area (Å²) in [6.07, 6.45) is -1.33. The maximum absolute atomic E-state index is 12.5. The number of nitrogens with one attached hydrogen (secondary N) is 2. The zero-order valence-electron chi connectivity index (χ0n) is 17.7. The monoisotopic (exact) mass is 442 g/mol. The average molecular weight is 442 g/mol. The fraction of sp³-hybridized carbons (Fsp3) is 0.304. The van der Waals surface area contributed by atoms with E-state index in [1.165, 1.54) is 0 Å². The summed E-state index contributed by atoms with van der Waals surface area (Å²) < 4.78 is 15.0. The lowest BCUT2D eigenvalue weighted by Gasteiger charge is -2.17. The van der Waals surface area contributed by atoms with Gasteiger partial charge in [0.15, 0.2) is 0 Å². The molecule has 0 fully saturated rings. The molecule has 1 unspecified atom stereocenters. The fourth-order valence-electron chi connectivity index (χ4n) is 2.57. The molecule has 0 aliphatic carbocycles. The number of carbonyl (C=O) groups is 4. The summed E-state index contributed by atoms with van der Waals surface area (Å²) in [5.74, 6) is -2.09. The topological polar surface area (TPSA) is 120 Å². The maximum Gasteiger partial charge on any atom is 0.408 e. The molecule has 2 aromatic rings. The normalized spacial score (nSPS) is 11.0. The van der Waals surface area contributed by atoms with E-state index in [0.29, 0.717) is 0 Å². The predicted molar refractivity (Wildman–Crippen MR) is 114 cm³/mol. The van der Waals surface area contributed by atoms with Gasteiger partial charge >= 0.3 is 18.0 Å². The molecule has 0 bridgehead atoms. The molecule has 2 aromatic carbocycles. The van der Waals surface area contributed by atoms with Crippen LogP contribution in [0, 0.1) is 0 Å². The molecule has 0 saturated carbocycles. The van der Waals surface area contributed by atoms with Crippen molar-refractivity contribution in [1.29, 1.82) is 0 Å². The van der Waals surface area contributed by atoms with Gasteiger partial charge in [-0.1, -0.05) is 60.7 Å². The van der Waals surface area contributed by atoms with Gasteiger partial charge in [-0.2, -0.15) is 0 Å². The van der Waals surface area contributed by atoms with Crippen molar-refractivity contribution >= 4 is 23.9 Å². The van der Waals surface area contributed by atoms with Gasteiger partial charge in [0.2, 0.25) is 5.91 Å². The number of benzene rings is 2. The molecule has 0 heterocycles. The Morgan fingerprint density at radius 3 is 1.91 bits per heavy atom. The summed E-state index contributed by atoms with van der Waals surface area (Å²) in [5, 5.41) is 4.68. The number of rotatable bonds is 11. The summed E-state index contributed by atoms with van der Waals surface area (Å²) in [6, 6.07) is 16.7. The quantitative estimate of drug-likeness (QED) is 0.404. The number of hydrogen-bond acceptors (Lipinski definition) is 7. The summed E-state index contributed by atoms with van der Waals surface area (Å²) in [4.78, 5) is 48.4. The van der Waals surface area contributed by atoms with Crippen LogP contribution in [0.5, 0.6) is 0 Å². The highest BCUT2D eigenvalue weighted by molar-refractivity contribution is 5.91. The Kier molecular flexibility index (Phi) is 10.2. The smallest absolute Gasteiger partial charge is 0.408 e. The summed E-state index contributed by atoms with van der Waals surface area (Å²) >= 11 is 0. The molecule has 2 N–H and O–H groups in total. The predicted octanol–water partition coefficient (Wildman–Crippen LogP) is 2.09.